The van der Waals surface area contributed by atoms with Crippen molar-refractivity contribution in [1.29, 1.82) is 0 Å². The molecule has 0 spiro atoms. The Hall–Kier alpha value is -1.37. The summed E-state index contributed by atoms with van der Waals surface area (Å²) in [6.07, 6.45) is 2.36. The van der Waals surface area contributed by atoms with Crippen LogP contribution in [0.5, 0.6) is 0 Å². The van der Waals surface area contributed by atoms with Crippen LogP contribution in [0.2, 0.25) is 0 Å². The van der Waals surface area contributed by atoms with Crippen molar-refractivity contribution in [2.75, 3.05) is 0 Å². The van der Waals surface area contributed by atoms with E-state index in [0.717, 1.165) is 11.1 Å². The van der Waals surface area contributed by atoms with Crippen LogP contribution in [0.3, 0.4) is 0 Å². The molecule has 0 aromatic heterocycles. The molecule has 78 valence electrons. The first-order valence-electron chi connectivity index (χ1n) is 5.32. The Balaban J connectivity index is 2.59. The predicted octanol–water partition coefficient (Wildman–Crippen LogP) is 3.24. The number of rotatable bonds is 0. The Morgan fingerprint density at radius 3 is 2.47 bits per heavy atom. The topological polar surface area (TPSA) is 17.1 Å². The zero-order chi connectivity index (χ0) is 11.1. The quantitative estimate of drug-likeness (QED) is 0.628. The minimum atomic E-state index is 0.0339. The van der Waals surface area contributed by atoms with Gasteiger partial charge in [0.1, 0.15) is 0 Å². The third-order valence-electron chi connectivity index (χ3n) is 2.79. The van der Waals surface area contributed by atoms with E-state index in [1.165, 1.54) is 5.56 Å². The molecule has 0 bridgehead atoms. The summed E-state index contributed by atoms with van der Waals surface area (Å²) in [7, 11) is 0. The van der Waals surface area contributed by atoms with Crippen LogP contribution in [-0.2, 0) is 11.2 Å². The lowest BCUT2D eigenvalue weighted by atomic mass is 9.76. The first-order valence-corrected chi connectivity index (χ1v) is 5.32. The molecule has 0 saturated heterocycles. The van der Waals surface area contributed by atoms with Gasteiger partial charge in [0.15, 0.2) is 5.78 Å². The largest absolute Gasteiger partial charge is 0.294 e. The summed E-state index contributed by atoms with van der Waals surface area (Å²) in [5, 5.41) is 0. The fourth-order valence-electron chi connectivity index (χ4n) is 2.04. The van der Waals surface area contributed by atoms with E-state index in [9.17, 15) is 4.79 Å². The normalized spacial score (nSPS) is 15.9. The Morgan fingerprint density at radius 1 is 1.13 bits per heavy atom. The van der Waals surface area contributed by atoms with Gasteiger partial charge in [-0.2, -0.15) is 0 Å². The van der Waals surface area contributed by atoms with Gasteiger partial charge in [0.25, 0.3) is 0 Å². The lowest BCUT2D eigenvalue weighted by Gasteiger charge is -2.27. The van der Waals surface area contributed by atoms with Crippen molar-refractivity contribution in [3.63, 3.8) is 0 Å². The number of hydrogen-bond donors (Lipinski definition) is 0. The van der Waals surface area contributed by atoms with E-state index >= 15 is 0 Å². The molecule has 0 N–H and O–H groups in total. The number of benzene rings is 1. The SMILES string of the molecule is CC(C)(C)C1=CC(=O)Cc2ccccc21. The molecule has 1 heteroatoms. The van der Waals surface area contributed by atoms with E-state index in [1.54, 1.807) is 0 Å². The first-order chi connectivity index (χ1) is 6.98. The monoisotopic (exact) mass is 200 g/mol. The predicted molar refractivity (Wildman–Crippen MR) is 62.6 cm³/mol. The summed E-state index contributed by atoms with van der Waals surface area (Å²) >= 11 is 0. The minimum absolute atomic E-state index is 0.0339. The molecule has 15 heavy (non-hydrogen) atoms. The molecule has 0 amide bonds. The van der Waals surface area contributed by atoms with Crippen LogP contribution in [-0.4, -0.2) is 5.78 Å². The summed E-state index contributed by atoms with van der Waals surface area (Å²) in [5.41, 5.74) is 3.60. The minimum Gasteiger partial charge on any atom is -0.294 e. The van der Waals surface area contributed by atoms with Gasteiger partial charge >= 0.3 is 0 Å². The Bertz CT molecular complexity index is 433. The fourth-order valence-corrected chi connectivity index (χ4v) is 2.04. The van der Waals surface area contributed by atoms with Crippen LogP contribution in [0.25, 0.3) is 5.57 Å². The summed E-state index contributed by atoms with van der Waals surface area (Å²) in [6, 6.07) is 8.19. The standard InChI is InChI=1S/C14H16O/c1-14(2,3)13-9-11(15)8-10-6-4-5-7-12(10)13/h4-7,9H,8H2,1-3H3. The van der Waals surface area contributed by atoms with Gasteiger partial charge in [0.2, 0.25) is 0 Å². The highest BCUT2D eigenvalue weighted by molar-refractivity contribution is 6.02. The highest BCUT2D eigenvalue weighted by Gasteiger charge is 2.25. The lowest BCUT2D eigenvalue weighted by Crippen LogP contribution is -2.17. The van der Waals surface area contributed by atoms with Crippen LogP contribution in [0.1, 0.15) is 31.9 Å². The van der Waals surface area contributed by atoms with E-state index in [2.05, 4.69) is 26.8 Å². The smallest absolute Gasteiger partial charge is 0.160 e. The van der Waals surface area contributed by atoms with E-state index in [4.69, 9.17) is 0 Å². The Morgan fingerprint density at radius 2 is 1.80 bits per heavy atom. The molecule has 1 aromatic carbocycles. The molecule has 0 heterocycles. The van der Waals surface area contributed by atoms with Crippen LogP contribution in [0.4, 0.5) is 0 Å². The number of hydrogen-bond acceptors (Lipinski definition) is 1. The Kier molecular flexibility index (Phi) is 2.26. The van der Waals surface area contributed by atoms with Crippen LogP contribution < -0.4 is 0 Å². The molecule has 0 unspecified atom stereocenters. The van der Waals surface area contributed by atoms with Gasteiger partial charge in [0.05, 0.1) is 0 Å². The molecule has 1 aliphatic carbocycles. The average Bonchev–Trinajstić information content (AvgIpc) is 2.15. The maximum absolute atomic E-state index is 11.6. The number of carbonyl (C=O) groups is 1. The number of fused-ring (bicyclic) bond motifs is 1. The van der Waals surface area contributed by atoms with Gasteiger partial charge in [-0.15, -0.1) is 0 Å². The van der Waals surface area contributed by atoms with Gasteiger partial charge in [-0.1, -0.05) is 45.0 Å². The summed E-state index contributed by atoms with van der Waals surface area (Å²) in [6.45, 7) is 6.44. The van der Waals surface area contributed by atoms with Crippen LogP contribution in [0.15, 0.2) is 30.3 Å². The maximum Gasteiger partial charge on any atom is 0.160 e. The van der Waals surface area contributed by atoms with Gasteiger partial charge in [-0.25, -0.2) is 0 Å². The zero-order valence-electron chi connectivity index (χ0n) is 9.50. The van der Waals surface area contributed by atoms with Crippen molar-refractivity contribution in [2.24, 2.45) is 5.41 Å². The second-order valence-electron chi connectivity index (χ2n) is 5.11. The molecule has 1 aromatic rings. The van der Waals surface area contributed by atoms with Gasteiger partial charge in [-0.3, -0.25) is 4.79 Å². The van der Waals surface area contributed by atoms with E-state index in [0.29, 0.717) is 6.42 Å². The number of carbonyl (C=O) groups excluding carboxylic acids is 1. The zero-order valence-corrected chi connectivity index (χ0v) is 9.50. The van der Waals surface area contributed by atoms with Crippen molar-refractivity contribution in [3.05, 3.63) is 41.5 Å². The third kappa shape index (κ3) is 1.87. The third-order valence-corrected chi connectivity index (χ3v) is 2.79. The van der Waals surface area contributed by atoms with Crippen molar-refractivity contribution >= 4 is 11.4 Å². The first kappa shape index (κ1) is 10.2. The van der Waals surface area contributed by atoms with E-state index < -0.39 is 0 Å². The van der Waals surface area contributed by atoms with Crippen molar-refractivity contribution in [1.82, 2.24) is 0 Å². The molecule has 1 aliphatic rings. The molecule has 0 fully saturated rings. The molecule has 1 nitrogen and oxygen atoms in total. The van der Waals surface area contributed by atoms with Crippen LogP contribution in [0, 0.1) is 5.41 Å². The summed E-state index contributed by atoms with van der Waals surface area (Å²) in [4.78, 5) is 11.6. The van der Waals surface area contributed by atoms with Gasteiger partial charge < -0.3 is 0 Å². The lowest BCUT2D eigenvalue weighted by molar-refractivity contribution is -0.114. The van der Waals surface area contributed by atoms with E-state index in [-0.39, 0.29) is 11.2 Å². The number of allylic oxidation sites excluding steroid dienone is 2. The van der Waals surface area contributed by atoms with E-state index in [1.807, 2.05) is 24.3 Å². The fraction of sp³-hybridized carbons (Fsp3) is 0.357. The molecule has 0 aliphatic heterocycles. The van der Waals surface area contributed by atoms with Crippen molar-refractivity contribution in [3.8, 4) is 0 Å². The number of ketones is 1. The van der Waals surface area contributed by atoms with Gasteiger partial charge in [0, 0.05) is 6.42 Å². The average molecular weight is 200 g/mol. The van der Waals surface area contributed by atoms with Crippen LogP contribution >= 0.6 is 0 Å². The maximum atomic E-state index is 11.6. The second kappa shape index (κ2) is 3.34. The Labute approximate surface area is 90.8 Å². The molecular formula is C14H16O. The van der Waals surface area contributed by atoms with Gasteiger partial charge in [-0.05, 0) is 28.2 Å². The summed E-state index contributed by atoms with van der Waals surface area (Å²) < 4.78 is 0. The second-order valence-corrected chi connectivity index (χ2v) is 5.11. The molecule has 0 atom stereocenters. The molecule has 2 rings (SSSR count). The summed E-state index contributed by atoms with van der Waals surface area (Å²) in [5.74, 6) is 0.221. The molecule has 0 radical (unpaired) electrons. The molecule has 0 saturated carbocycles. The van der Waals surface area contributed by atoms with Crippen molar-refractivity contribution in [2.45, 2.75) is 27.2 Å². The highest BCUT2D eigenvalue weighted by Crippen LogP contribution is 2.37. The van der Waals surface area contributed by atoms with Crippen molar-refractivity contribution < 1.29 is 4.79 Å². The highest BCUT2D eigenvalue weighted by atomic mass is 16.1. The molecular weight excluding hydrogens is 184 g/mol.